The zero-order valence-electron chi connectivity index (χ0n) is 26.6. The molecule has 4 aliphatic rings. The van der Waals surface area contributed by atoms with Gasteiger partial charge in [-0.25, -0.2) is 14.8 Å². The number of amides is 4. The van der Waals surface area contributed by atoms with E-state index >= 15 is 0 Å². The van der Waals surface area contributed by atoms with E-state index in [-0.39, 0.29) is 69.5 Å². The first-order valence-electron chi connectivity index (χ1n) is 15.3. The van der Waals surface area contributed by atoms with Crippen molar-refractivity contribution in [2.45, 2.75) is 12.8 Å². The number of ketones is 2. The van der Waals surface area contributed by atoms with Crippen LogP contribution in [0.3, 0.4) is 0 Å². The number of carbonyl (C=O) groups is 5. The van der Waals surface area contributed by atoms with Gasteiger partial charge in [0.2, 0.25) is 0 Å². The Hall–Kier alpha value is -6.01. The molecule has 0 radical (unpaired) electrons. The van der Waals surface area contributed by atoms with Crippen LogP contribution in [0, 0.1) is 11.8 Å². The normalized spacial score (nSPS) is 21.3. The van der Waals surface area contributed by atoms with Crippen LogP contribution in [0.5, 0.6) is 0 Å². The molecule has 2 unspecified atom stereocenters. The first-order valence-corrected chi connectivity index (χ1v) is 18.2. The Morgan fingerprint density at radius 1 is 0.596 bits per heavy atom. The lowest BCUT2D eigenvalue weighted by Gasteiger charge is -2.24. The molecule has 4 amide bonds. The monoisotopic (exact) mass is 742 g/mol. The molecule has 0 aliphatic heterocycles. The molecule has 0 bridgehead atoms. The number of carbonyl (C=O) groups excluding carboxylic acids is 5. The molecule has 6 rings (SSSR count). The second-order valence-electron chi connectivity index (χ2n) is 11.7. The highest BCUT2D eigenvalue weighted by Gasteiger charge is 2.36. The van der Waals surface area contributed by atoms with Gasteiger partial charge in [0.25, 0.3) is 32.1 Å². The van der Waals surface area contributed by atoms with Crippen molar-refractivity contribution in [2.24, 2.45) is 21.8 Å². The molecule has 2 atom stereocenters. The lowest BCUT2D eigenvalue weighted by molar-refractivity contribution is -0.117. The van der Waals surface area contributed by atoms with Gasteiger partial charge in [0.15, 0.2) is 11.6 Å². The van der Waals surface area contributed by atoms with E-state index < -0.39 is 59.7 Å². The van der Waals surface area contributed by atoms with E-state index in [9.17, 15) is 49.9 Å². The predicted octanol–water partition coefficient (Wildman–Crippen LogP) is 4.21. The summed E-state index contributed by atoms with van der Waals surface area (Å²) < 4.78 is 68.5. The third kappa shape index (κ3) is 7.52. The standard InChI is InChI=1S/C35H26N4O11S2/c40-29-5-1-3-25-23(29)15-17-27(31(25)51(45,46)47)38-33(42)19-7-11-21(12-8-19)36-35(44)37-22-13-9-20(10-14-22)34(43)39-28-18-16-24-26(4-2-6-30(24)41)32(28)52(48,49)50/h1-2,5-18,23-24H,3-4H2,(H2,36,37,44)(H,45,46,47)(H,48,49,50). The van der Waals surface area contributed by atoms with Gasteiger partial charge < -0.3 is 10.6 Å². The maximum Gasteiger partial charge on any atom is 0.323 e. The molecule has 0 fully saturated rings. The summed E-state index contributed by atoms with van der Waals surface area (Å²) >= 11 is 0. The van der Waals surface area contributed by atoms with Crippen molar-refractivity contribution >= 4 is 72.4 Å². The molecule has 0 saturated carbocycles. The quantitative estimate of drug-likeness (QED) is 0.306. The van der Waals surface area contributed by atoms with Gasteiger partial charge in [-0.05, 0) is 96.8 Å². The lowest BCUT2D eigenvalue weighted by Crippen LogP contribution is -2.27. The van der Waals surface area contributed by atoms with Crippen LogP contribution < -0.4 is 10.6 Å². The third-order valence-electron chi connectivity index (χ3n) is 8.28. The van der Waals surface area contributed by atoms with Gasteiger partial charge in [0, 0.05) is 22.5 Å². The van der Waals surface area contributed by atoms with Gasteiger partial charge in [-0.2, -0.15) is 16.8 Å². The molecule has 4 aliphatic carbocycles. The molecule has 0 aromatic heterocycles. The minimum absolute atomic E-state index is 0.0321. The maximum atomic E-state index is 12.9. The number of nitrogens with one attached hydrogen (secondary N) is 2. The van der Waals surface area contributed by atoms with Gasteiger partial charge in [-0.1, -0.05) is 24.3 Å². The Bertz CT molecular complexity index is 2260. The molecule has 264 valence electrons. The largest absolute Gasteiger partial charge is 0.323 e. The van der Waals surface area contributed by atoms with Crippen molar-refractivity contribution in [3.8, 4) is 0 Å². The Labute approximate surface area is 296 Å². The van der Waals surface area contributed by atoms with Gasteiger partial charge >= 0.3 is 6.03 Å². The number of urea groups is 1. The van der Waals surface area contributed by atoms with E-state index in [0.717, 1.165) is 0 Å². The minimum atomic E-state index is -4.83. The molecule has 0 spiro atoms. The Kier molecular flexibility index (Phi) is 9.61. The van der Waals surface area contributed by atoms with Gasteiger partial charge in [0.1, 0.15) is 9.81 Å². The fourth-order valence-corrected chi connectivity index (χ4v) is 7.80. The first-order chi connectivity index (χ1) is 24.6. The molecule has 2 aromatic carbocycles. The molecular formula is C35H26N4O11S2. The third-order valence-corrected chi connectivity index (χ3v) is 10.3. The zero-order valence-corrected chi connectivity index (χ0v) is 28.2. The predicted molar refractivity (Wildman–Crippen MR) is 189 cm³/mol. The Balaban J connectivity index is 1.10. The van der Waals surface area contributed by atoms with E-state index in [1.54, 1.807) is 0 Å². The van der Waals surface area contributed by atoms with Crippen LogP contribution in [0.2, 0.25) is 0 Å². The fourth-order valence-electron chi connectivity index (χ4n) is 5.96. The zero-order chi connectivity index (χ0) is 37.4. The number of fused-ring (bicyclic) bond motifs is 2. The number of hydrogen-bond acceptors (Lipinski definition) is 9. The minimum Gasteiger partial charge on any atom is -0.308 e. The van der Waals surface area contributed by atoms with E-state index in [0.29, 0.717) is 0 Å². The van der Waals surface area contributed by atoms with Crippen molar-refractivity contribution < 1.29 is 49.9 Å². The van der Waals surface area contributed by atoms with Gasteiger partial charge in [0.05, 0.1) is 23.3 Å². The molecule has 15 nitrogen and oxygen atoms in total. The maximum absolute atomic E-state index is 12.9. The molecule has 0 saturated heterocycles. The van der Waals surface area contributed by atoms with Crippen LogP contribution in [0.1, 0.15) is 33.6 Å². The fraction of sp³-hybridized carbons (Fsp3) is 0.114. The van der Waals surface area contributed by atoms with Crippen molar-refractivity contribution in [1.82, 2.24) is 0 Å². The summed E-state index contributed by atoms with van der Waals surface area (Å²) in [4.78, 5) is 69.4. The smallest absolute Gasteiger partial charge is 0.308 e. The summed E-state index contributed by atoms with van der Waals surface area (Å²) in [5.74, 6) is -4.19. The summed E-state index contributed by atoms with van der Waals surface area (Å²) in [6, 6.07) is 10.2. The van der Waals surface area contributed by atoms with Crippen LogP contribution in [0.4, 0.5) is 16.2 Å². The first kappa shape index (κ1) is 35.8. The van der Waals surface area contributed by atoms with Crippen LogP contribution in [0.25, 0.3) is 0 Å². The summed E-state index contributed by atoms with van der Waals surface area (Å²) in [7, 11) is -9.66. The summed E-state index contributed by atoms with van der Waals surface area (Å²) in [5.41, 5.74) is 0.186. The van der Waals surface area contributed by atoms with E-state index in [1.807, 2.05) is 0 Å². The van der Waals surface area contributed by atoms with Crippen LogP contribution >= 0.6 is 0 Å². The van der Waals surface area contributed by atoms with Crippen molar-refractivity contribution in [1.29, 1.82) is 0 Å². The second kappa shape index (κ2) is 14.0. The van der Waals surface area contributed by atoms with Gasteiger partial charge in [-0.15, -0.1) is 0 Å². The summed E-state index contributed by atoms with van der Waals surface area (Å²) in [5, 5.41) is 5.12. The topological polar surface area (TPSA) is 243 Å². The molecule has 52 heavy (non-hydrogen) atoms. The van der Waals surface area contributed by atoms with Crippen molar-refractivity contribution in [2.75, 3.05) is 10.6 Å². The summed E-state index contributed by atoms with van der Waals surface area (Å²) in [6.07, 6.45) is 10.9. The van der Waals surface area contributed by atoms with Crippen LogP contribution in [-0.4, -0.2) is 66.8 Å². The number of hydrogen-bond donors (Lipinski definition) is 4. The van der Waals surface area contributed by atoms with Crippen molar-refractivity contribution in [3.05, 3.63) is 129 Å². The average molecular weight is 743 g/mol. The van der Waals surface area contributed by atoms with Crippen LogP contribution in [0.15, 0.2) is 128 Å². The average Bonchev–Trinajstić information content (AvgIpc) is 3.07. The Morgan fingerprint density at radius 3 is 1.31 bits per heavy atom. The number of allylic oxidation sites excluding steroid dienone is 12. The van der Waals surface area contributed by atoms with Crippen LogP contribution in [-0.2, 0) is 29.8 Å². The highest BCUT2D eigenvalue weighted by molar-refractivity contribution is 7.91. The highest BCUT2D eigenvalue weighted by atomic mass is 32.2. The van der Waals surface area contributed by atoms with E-state index in [2.05, 4.69) is 20.6 Å². The molecular weight excluding hydrogens is 717 g/mol. The van der Waals surface area contributed by atoms with E-state index in [4.69, 9.17) is 0 Å². The summed E-state index contributed by atoms with van der Waals surface area (Å²) in [6.45, 7) is 0. The number of nitrogens with zero attached hydrogens (tertiary/aromatic N) is 2. The molecule has 0 heterocycles. The molecule has 17 heteroatoms. The van der Waals surface area contributed by atoms with Gasteiger partial charge in [-0.3, -0.25) is 28.3 Å². The Morgan fingerprint density at radius 2 is 0.962 bits per heavy atom. The highest BCUT2D eigenvalue weighted by Crippen LogP contribution is 2.35. The number of benzene rings is 2. The molecule has 2 aromatic rings. The van der Waals surface area contributed by atoms with Crippen molar-refractivity contribution in [3.63, 3.8) is 0 Å². The molecule has 4 N–H and O–H groups in total. The number of rotatable bonds is 6. The van der Waals surface area contributed by atoms with E-state index in [1.165, 1.54) is 97.1 Å². The number of anilines is 2. The lowest BCUT2D eigenvalue weighted by atomic mass is 9.83. The SMILES string of the molecule is O=C(Nc1ccc(C(=O)N=C2C=CC3C(=O)C=CCC3=C2S(=O)(=O)O)cc1)Nc1ccc(C(=O)N=C2C=CC3C(=O)C=CCC3=C2S(=O)(=O)O)cc1. The second-order valence-corrected chi connectivity index (χ2v) is 14.4. The number of aliphatic imine (C=N–C) groups is 2.